The summed E-state index contributed by atoms with van der Waals surface area (Å²) < 4.78 is 18.8. The normalized spacial score (nSPS) is 14.1. The van der Waals surface area contributed by atoms with Crippen LogP contribution in [0.1, 0.15) is 36.9 Å². The van der Waals surface area contributed by atoms with Crippen LogP contribution in [0.15, 0.2) is 29.0 Å². The van der Waals surface area contributed by atoms with Gasteiger partial charge < -0.3 is 19.5 Å². The van der Waals surface area contributed by atoms with E-state index < -0.39 is 0 Å². The second-order valence-corrected chi connectivity index (χ2v) is 8.30. The maximum Gasteiger partial charge on any atom is 0.316 e. The monoisotopic (exact) mass is 488 g/mol. The first-order valence-electron chi connectivity index (χ1n) is 10.2. The summed E-state index contributed by atoms with van der Waals surface area (Å²) in [5.41, 5.74) is 2.48. The highest BCUT2D eigenvalue weighted by molar-refractivity contribution is 9.10. The molecule has 2 heterocycles. The summed E-state index contributed by atoms with van der Waals surface area (Å²) >= 11 is 3.50. The molecule has 9 heteroatoms. The van der Waals surface area contributed by atoms with E-state index in [4.69, 9.17) is 14.2 Å². The van der Waals surface area contributed by atoms with E-state index in [1.54, 1.807) is 24.8 Å². The van der Waals surface area contributed by atoms with Crippen LogP contribution in [0.3, 0.4) is 0 Å². The van der Waals surface area contributed by atoms with E-state index in [9.17, 15) is 4.79 Å². The molecule has 1 aliphatic rings. The highest BCUT2D eigenvalue weighted by atomic mass is 79.9. The molecule has 0 unspecified atom stereocenters. The van der Waals surface area contributed by atoms with Crippen LogP contribution in [-0.4, -0.2) is 34.6 Å². The minimum absolute atomic E-state index is 0.0478. The number of hydrogen-bond donors (Lipinski definition) is 1. The first-order valence-corrected chi connectivity index (χ1v) is 11.0. The zero-order valence-electron chi connectivity index (χ0n) is 17.8. The Morgan fingerprint density at radius 2 is 2.03 bits per heavy atom. The fraction of sp³-hybridized carbons (Fsp3) is 0.409. The van der Waals surface area contributed by atoms with Gasteiger partial charge >= 0.3 is 12.0 Å². The van der Waals surface area contributed by atoms with Gasteiger partial charge in [0.25, 0.3) is 0 Å². The molecule has 4 rings (SSSR count). The van der Waals surface area contributed by atoms with E-state index in [1.165, 1.54) is 0 Å². The number of ether oxygens (including phenoxy) is 3. The SMILES string of the molecule is COc1ccc(CNc2ncc(C)n3c(OC(=O)C4CCCC4)nc(Br)c23)c(OC)c1. The van der Waals surface area contributed by atoms with Crippen LogP contribution in [0.25, 0.3) is 5.52 Å². The number of esters is 1. The number of fused-ring (bicyclic) bond motifs is 1. The minimum atomic E-state index is -0.217. The van der Waals surface area contributed by atoms with E-state index in [1.807, 2.05) is 25.1 Å². The summed E-state index contributed by atoms with van der Waals surface area (Å²) in [5, 5.41) is 3.34. The van der Waals surface area contributed by atoms with Gasteiger partial charge in [0.1, 0.15) is 21.6 Å². The van der Waals surface area contributed by atoms with Crippen molar-refractivity contribution in [1.82, 2.24) is 14.4 Å². The Balaban J connectivity index is 1.61. The number of aromatic nitrogens is 3. The van der Waals surface area contributed by atoms with Crippen LogP contribution in [0.5, 0.6) is 17.5 Å². The molecule has 31 heavy (non-hydrogen) atoms. The summed E-state index contributed by atoms with van der Waals surface area (Å²) in [4.78, 5) is 21.5. The van der Waals surface area contributed by atoms with Crippen molar-refractivity contribution in [3.05, 3.63) is 40.3 Å². The number of nitrogens with zero attached hydrogens (tertiary/aromatic N) is 3. The first kappa shape index (κ1) is 21.4. The fourth-order valence-electron chi connectivity index (χ4n) is 3.89. The van der Waals surface area contributed by atoms with Crippen LogP contribution < -0.4 is 19.5 Å². The Morgan fingerprint density at radius 1 is 1.26 bits per heavy atom. The molecule has 0 radical (unpaired) electrons. The fourth-order valence-corrected chi connectivity index (χ4v) is 4.41. The smallest absolute Gasteiger partial charge is 0.316 e. The van der Waals surface area contributed by atoms with Gasteiger partial charge in [-0.3, -0.25) is 9.20 Å². The number of imidazole rings is 1. The Labute approximate surface area is 189 Å². The van der Waals surface area contributed by atoms with Crippen LogP contribution in [-0.2, 0) is 11.3 Å². The molecule has 0 aliphatic heterocycles. The highest BCUT2D eigenvalue weighted by Gasteiger charge is 2.27. The molecule has 0 atom stereocenters. The second-order valence-electron chi connectivity index (χ2n) is 7.55. The molecule has 1 N–H and O–H groups in total. The molecule has 1 saturated carbocycles. The number of methoxy groups -OCH3 is 2. The average Bonchev–Trinajstić information content (AvgIpc) is 3.42. The van der Waals surface area contributed by atoms with Crippen LogP contribution in [0.4, 0.5) is 5.82 Å². The summed E-state index contributed by atoms with van der Waals surface area (Å²) in [6, 6.07) is 5.91. The maximum absolute atomic E-state index is 12.6. The molecule has 0 spiro atoms. The van der Waals surface area contributed by atoms with Crippen LogP contribution >= 0.6 is 15.9 Å². The Kier molecular flexibility index (Phi) is 6.31. The molecule has 164 valence electrons. The van der Waals surface area contributed by atoms with Crippen LogP contribution in [0.2, 0.25) is 0 Å². The minimum Gasteiger partial charge on any atom is -0.497 e. The average molecular weight is 489 g/mol. The van der Waals surface area contributed by atoms with E-state index in [0.29, 0.717) is 28.2 Å². The van der Waals surface area contributed by atoms with Crippen molar-refractivity contribution in [2.45, 2.75) is 39.2 Å². The lowest BCUT2D eigenvalue weighted by atomic mass is 10.1. The van der Waals surface area contributed by atoms with E-state index in [-0.39, 0.29) is 17.9 Å². The van der Waals surface area contributed by atoms with Crippen molar-refractivity contribution in [1.29, 1.82) is 0 Å². The van der Waals surface area contributed by atoms with Crippen molar-refractivity contribution in [3.8, 4) is 17.5 Å². The molecule has 8 nitrogen and oxygen atoms in total. The van der Waals surface area contributed by atoms with Crippen molar-refractivity contribution in [2.24, 2.45) is 5.92 Å². The maximum atomic E-state index is 12.6. The van der Waals surface area contributed by atoms with Gasteiger partial charge in [0.05, 0.1) is 20.1 Å². The number of hydrogen-bond acceptors (Lipinski definition) is 7. The predicted octanol–water partition coefficient (Wildman–Crippen LogP) is 4.53. The highest BCUT2D eigenvalue weighted by Crippen LogP contribution is 2.32. The summed E-state index contributed by atoms with van der Waals surface area (Å²) in [6.45, 7) is 2.38. The molecule has 3 aromatic rings. The zero-order chi connectivity index (χ0) is 22.0. The number of benzene rings is 1. The standard InChI is InChI=1S/C22H25BrN4O4/c1-13-11-24-20(25-12-15-8-9-16(29-2)10-17(15)30-3)18-19(23)26-22(27(13)18)31-21(28)14-6-4-5-7-14/h8-11,14H,4-7,12H2,1-3H3,(H,24,25). The number of anilines is 1. The number of halogens is 1. The third kappa shape index (κ3) is 4.32. The summed E-state index contributed by atoms with van der Waals surface area (Å²) in [6.07, 6.45) is 5.61. The van der Waals surface area contributed by atoms with Gasteiger partial charge in [0.15, 0.2) is 5.82 Å². The molecule has 2 aromatic heterocycles. The Morgan fingerprint density at radius 3 is 2.74 bits per heavy atom. The molecular formula is C22H25BrN4O4. The zero-order valence-corrected chi connectivity index (χ0v) is 19.4. The molecule has 1 aliphatic carbocycles. The third-order valence-electron chi connectivity index (χ3n) is 5.58. The van der Waals surface area contributed by atoms with Crippen molar-refractivity contribution in [3.63, 3.8) is 0 Å². The van der Waals surface area contributed by atoms with Gasteiger partial charge in [-0.2, -0.15) is 4.98 Å². The predicted molar refractivity (Wildman–Crippen MR) is 120 cm³/mol. The number of carbonyl (C=O) groups is 1. The largest absolute Gasteiger partial charge is 0.497 e. The van der Waals surface area contributed by atoms with Gasteiger partial charge in [-0.25, -0.2) is 4.98 Å². The Hall–Kier alpha value is -2.81. The van der Waals surface area contributed by atoms with E-state index in [2.05, 4.69) is 31.2 Å². The number of carbonyl (C=O) groups excluding carboxylic acids is 1. The molecule has 0 saturated heterocycles. The lowest BCUT2D eigenvalue weighted by Gasteiger charge is -2.13. The molecule has 0 bridgehead atoms. The quantitative estimate of drug-likeness (QED) is 0.488. The van der Waals surface area contributed by atoms with Crippen molar-refractivity contribution < 1.29 is 19.0 Å². The van der Waals surface area contributed by atoms with Gasteiger partial charge in [-0.15, -0.1) is 0 Å². The van der Waals surface area contributed by atoms with Crippen LogP contribution in [0, 0.1) is 12.8 Å². The lowest BCUT2D eigenvalue weighted by Crippen LogP contribution is -2.19. The third-order valence-corrected chi connectivity index (χ3v) is 6.14. The van der Waals surface area contributed by atoms with Gasteiger partial charge in [0.2, 0.25) is 0 Å². The van der Waals surface area contributed by atoms with E-state index in [0.717, 1.165) is 42.7 Å². The van der Waals surface area contributed by atoms with Crippen molar-refractivity contribution >= 4 is 33.2 Å². The first-order chi connectivity index (χ1) is 15.0. The lowest BCUT2D eigenvalue weighted by molar-refractivity contribution is -0.139. The molecule has 1 fully saturated rings. The topological polar surface area (TPSA) is 87.0 Å². The number of aryl methyl sites for hydroxylation is 1. The van der Waals surface area contributed by atoms with E-state index >= 15 is 0 Å². The molecule has 1 aromatic carbocycles. The van der Waals surface area contributed by atoms with Gasteiger partial charge in [-0.1, -0.05) is 12.8 Å². The molecular weight excluding hydrogens is 464 g/mol. The second kappa shape index (κ2) is 9.13. The van der Waals surface area contributed by atoms with Crippen molar-refractivity contribution in [2.75, 3.05) is 19.5 Å². The molecule has 0 amide bonds. The number of nitrogens with one attached hydrogen (secondary N) is 1. The number of rotatable bonds is 7. The Bertz CT molecular complexity index is 1110. The van der Waals surface area contributed by atoms with Gasteiger partial charge in [-0.05, 0) is 47.8 Å². The summed E-state index contributed by atoms with van der Waals surface area (Å²) in [7, 11) is 3.24. The summed E-state index contributed by atoms with van der Waals surface area (Å²) in [5.74, 6) is 1.79. The van der Waals surface area contributed by atoms with Gasteiger partial charge in [0, 0.05) is 30.1 Å².